The fraction of sp³-hybridized carbons (Fsp3) is 0.320. The monoisotopic (exact) mass is 431 g/mol. The van der Waals surface area contributed by atoms with Gasteiger partial charge in [-0.25, -0.2) is 4.79 Å². The summed E-state index contributed by atoms with van der Waals surface area (Å²) >= 11 is 0. The molecule has 0 unspecified atom stereocenters. The Kier molecular flexibility index (Phi) is 5.17. The number of urea groups is 1. The van der Waals surface area contributed by atoms with Gasteiger partial charge in [0.2, 0.25) is 5.91 Å². The van der Waals surface area contributed by atoms with E-state index in [1.165, 1.54) is 4.90 Å². The quantitative estimate of drug-likeness (QED) is 0.579. The molecule has 5 rings (SSSR count). The van der Waals surface area contributed by atoms with Crippen molar-refractivity contribution in [3.8, 4) is 0 Å². The summed E-state index contributed by atoms with van der Waals surface area (Å²) in [7, 11) is 0. The van der Waals surface area contributed by atoms with Crippen molar-refractivity contribution < 1.29 is 18.8 Å². The molecule has 32 heavy (non-hydrogen) atoms. The average Bonchev–Trinajstić information content (AvgIpc) is 3.50. The third-order valence-electron chi connectivity index (χ3n) is 6.43. The molecule has 4 amide bonds. The van der Waals surface area contributed by atoms with Crippen LogP contribution in [0.15, 0.2) is 65.1 Å². The Labute approximate surface area is 185 Å². The van der Waals surface area contributed by atoms with Crippen LogP contribution in [0.4, 0.5) is 4.79 Å². The maximum atomic E-state index is 12.9. The molecule has 1 aromatic heterocycles. The molecule has 1 saturated heterocycles. The van der Waals surface area contributed by atoms with Crippen LogP contribution in [0.25, 0.3) is 11.0 Å². The second kappa shape index (κ2) is 8.15. The van der Waals surface area contributed by atoms with E-state index in [1.54, 1.807) is 0 Å². The van der Waals surface area contributed by atoms with Gasteiger partial charge in [0.25, 0.3) is 5.91 Å². The van der Waals surface area contributed by atoms with Crippen LogP contribution in [0.5, 0.6) is 0 Å². The predicted molar refractivity (Wildman–Crippen MR) is 119 cm³/mol. The first-order chi connectivity index (χ1) is 15.6. The number of carbonyl (C=O) groups is 3. The molecule has 1 aliphatic heterocycles. The number of hydrogen-bond acceptors (Lipinski definition) is 4. The minimum Gasteiger partial charge on any atom is -0.459 e. The third kappa shape index (κ3) is 3.64. The van der Waals surface area contributed by atoms with Gasteiger partial charge in [0.05, 0.1) is 0 Å². The number of amides is 4. The number of imide groups is 1. The number of para-hydroxylation sites is 1. The van der Waals surface area contributed by atoms with Crippen LogP contribution in [-0.4, -0.2) is 34.8 Å². The van der Waals surface area contributed by atoms with Crippen molar-refractivity contribution in [2.24, 2.45) is 0 Å². The smallest absolute Gasteiger partial charge is 0.325 e. The summed E-state index contributed by atoms with van der Waals surface area (Å²) in [6, 6.07) is 18.3. The molecule has 2 N–H and O–H groups in total. The standard InChI is InChI=1S/C25H25N3O4/c29-21(12-15-28-23(30)25(27-24(28)31)13-6-7-14-25)26-22(17-8-2-1-3-9-17)20-16-18-10-4-5-11-19(18)32-20/h1-5,8-11,16,22H,6-7,12-15H2,(H,26,29)(H,27,31)/t22-/m1/s1. The summed E-state index contributed by atoms with van der Waals surface area (Å²) in [5, 5.41) is 6.83. The summed E-state index contributed by atoms with van der Waals surface area (Å²) in [5.41, 5.74) is 0.882. The molecule has 164 valence electrons. The largest absolute Gasteiger partial charge is 0.459 e. The van der Waals surface area contributed by atoms with Gasteiger partial charge in [-0.15, -0.1) is 0 Å². The average molecular weight is 431 g/mol. The number of hydrogen-bond donors (Lipinski definition) is 2. The summed E-state index contributed by atoms with van der Waals surface area (Å²) in [5.74, 6) is 0.169. The van der Waals surface area contributed by atoms with Crippen LogP contribution < -0.4 is 10.6 Å². The molecule has 7 nitrogen and oxygen atoms in total. The topological polar surface area (TPSA) is 91.7 Å². The lowest BCUT2D eigenvalue weighted by Crippen LogP contribution is -2.44. The van der Waals surface area contributed by atoms with Gasteiger partial charge in [0, 0.05) is 18.4 Å². The van der Waals surface area contributed by atoms with Crippen LogP contribution in [0, 0.1) is 0 Å². The van der Waals surface area contributed by atoms with E-state index >= 15 is 0 Å². The number of carbonyl (C=O) groups excluding carboxylic acids is 3. The van der Waals surface area contributed by atoms with E-state index in [-0.39, 0.29) is 24.8 Å². The van der Waals surface area contributed by atoms with Gasteiger partial charge >= 0.3 is 6.03 Å². The number of furan rings is 1. The highest BCUT2D eigenvalue weighted by molar-refractivity contribution is 6.07. The molecule has 2 aromatic carbocycles. The number of nitrogens with zero attached hydrogens (tertiary/aromatic N) is 1. The molecule has 1 saturated carbocycles. The van der Waals surface area contributed by atoms with E-state index in [9.17, 15) is 14.4 Å². The van der Waals surface area contributed by atoms with Crippen LogP contribution in [-0.2, 0) is 9.59 Å². The third-order valence-corrected chi connectivity index (χ3v) is 6.43. The highest BCUT2D eigenvalue weighted by Gasteiger charge is 2.52. The van der Waals surface area contributed by atoms with Crippen molar-refractivity contribution in [1.82, 2.24) is 15.5 Å². The Morgan fingerprint density at radius 1 is 1.06 bits per heavy atom. The normalized spacial score (nSPS) is 18.3. The first kappa shape index (κ1) is 20.3. The zero-order valence-electron chi connectivity index (χ0n) is 17.7. The Morgan fingerprint density at radius 3 is 2.53 bits per heavy atom. The van der Waals surface area contributed by atoms with Gasteiger partial charge in [-0.3, -0.25) is 14.5 Å². The zero-order valence-corrected chi connectivity index (χ0v) is 17.7. The highest BCUT2D eigenvalue weighted by Crippen LogP contribution is 2.35. The van der Waals surface area contributed by atoms with Crippen LogP contribution in [0.3, 0.4) is 0 Å². The van der Waals surface area contributed by atoms with Gasteiger partial charge in [0.1, 0.15) is 22.9 Å². The molecule has 1 atom stereocenters. The number of nitrogens with one attached hydrogen (secondary N) is 2. The summed E-state index contributed by atoms with van der Waals surface area (Å²) in [6.45, 7) is 0.0554. The molecule has 2 aliphatic rings. The molecule has 2 fully saturated rings. The van der Waals surface area contributed by atoms with E-state index in [0.717, 1.165) is 29.4 Å². The Hall–Kier alpha value is -3.61. The molecular formula is C25H25N3O4. The van der Waals surface area contributed by atoms with Crippen molar-refractivity contribution in [2.75, 3.05) is 6.54 Å². The number of fused-ring (bicyclic) bond motifs is 1. The van der Waals surface area contributed by atoms with E-state index in [2.05, 4.69) is 10.6 Å². The van der Waals surface area contributed by atoms with E-state index < -0.39 is 17.6 Å². The molecule has 0 radical (unpaired) electrons. The van der Waals surface area contributed by atoms with Crippen molar-refractivity contribution in [3.63, 3.8) is 0 Å². The fourth-order valence-corrected chi connectivity index (χ4v) is 4.75. The highest BCUT2D eigenvalue weighted by atomic mass is 16.3. The maximum absolute atomic E-state index is 12.9. The van der Waals surface area contributed by atoms with Crippen molar-refractivity contribution in [3.05, 3.63) is 72.0 Å². The lowest BCUT2D eigenvalue weighted by Gasteiger charge is -2.20. The summed E-state index contributed by atoms with van der Waals surface area (Å²) in [6.07, 6.45) is 3.22. The predicted octanol–water partition coefficient (Wildman–Crippen LogP) is 3.89. The Morgan fingerprint density at radius 2 is 1.78 bits per heavy atom. The first-order valence-electron chi connectivity index (χ1n) is 11.0. The van der Waals surface area contributed by atoms with Gasteiger partial charge < -0.3 is 15.1 Å². The Bertz CT molecular complexity index is 1130. The van der Waals surface area contributed by atoms with Gasteiger partial charge in [0.15, 0.2) is 0 Å². The van der Waals surface area contributed by atoms with Gasteiger partial charge in [-0.1, -0.05) is 61.4 Å². The zero-order chi connectivity index (χ0) is 22.1. The molecule has 1 aliphatic carbocycles. The van der Waals surface area contributed by atoms with Crippen LogP contribution in [0.1, 0.15) is 49.5 Å². The second-order valence-electron chi connectivity index (χ2n) is 8.52. The van der Waals surface area contributed by atoms with Crippen molar-refractivity contribution >= 4 is 28.8 Å². The molecule has 0 bridgehead atoms. The minimum atomic E-state index is -0.756. The Balaban J connectivity index is 1.31. The van der Waals surface area contributed by atoms with Crippen molar-refractivity contribution in [2.45, 2.75) is 43.7 Å². The lowest BCUT2D eigenvalue weighted by molar-refractivity contribution is -0.131. The molecule has 7 heteroatoms. The lowest BCUT2D eigenvalue weighted by atomic mass is 9.98. The molecule has 2 heterocycles. The summed E-state index contributed by atoms with van der Waals surface area (Å²) < 4.78 is 6.02. The SMILES string of the molecule is O=C(CCN1C(=O)NC2(CCCC2)C1=O)N[C@H](c1ccccc1)c1cc2ccccc2o1. The second-order valence-corrected chi connectivity index (χ2v) is 8.52. The van der Waals surface area contributed by atoms with Gasteiger partial charge in [-0.2, -0.15) is 0 Å². The van der Waals surface area contributed by atoms with E-state index in [0.29, 0.717) is 18.6 Å². The van der Waals surface area contributed by atoms with Crippen LogP contribution in [0.2, 0.25) is 0 Å². The molecule has 1 spiro atoms. The maximum Gasteiger partial charge on any atom is 0.325 e. The van der Waals surface area contributed by atoms with E-state index in [1.807, 2.05) is 60.7 Å². The van der Waals surface area contributed by atoms with Crippen LogP contribution >= 0.6 is 0 Å². The summed E-state index contributed by atoms with van der Waals surface area (Å²) in [4.78, 5) is 39.2. The number of benzene rings is 2. The first-order valence-corrected chi connectivity index (χ1v) is 11.0. The van der Waals surface area contributed by atoms with Crippen molar-refractivity contribution in [1.29, 1.82) is 0 Å². The van der Waals surface area contributed by atoms with Gasteiger partial charge in [-0.05, 0) is 30.5 Å². The van der Waals surface area contributed by atoms with E-state index in [4.69, 9.17) is 4.42 Å². The number of rotatable bonds is 6. The minimum absolute atomic E-state index is 0.0266. The molecular weight excluding hydrogens is 406 g/mol. The molecule has 3 aromatic rings. The fourth-order valence-electron chi connectivity index (χ4n) is 4.75.